The van der Waals surface area contributed by atoms with Crippen molar-refractivity contribution in [3.8, 4) is 5.88 Å². The Hall–Kier alpha value is -1.66. The molecule has 0 saturated carbocycles. The Kier molecular flexibility index (Phi) is 3.89. The van der Waals surface area contributed by atoms with E-state index in [1.807, 2.05) is 6.07 Å². The largest absolute Gasteiger partial charge is 0.501 e. The number of hydrogen-bond acceptors (Lipinski definition) is 6. The molecule has 92 valence electrons. The molecule has 0 radical (unpaired) electrons. The van der Waals surface area contributed by atoms with Crippen LogP contribution in [0.5, 0.6) is 5.88 Å². The van der Waals surface area contributed by atoms with Gasteiger partial charge in [0.2, 0.25) is 5.88 Å². The van der Waals surface area contributed by atoms with Crippen LogP contribution in [0.1, 0.15) is 24.6 Å². The second-order valence-corrected chi connectivity index (χ2v) is 3.77. The quantitative estimate of drug-likeness (QED) is 0.591. The van der Waals surface area contributed by atoms with Gasteiger partial charge in [-0.25, -0.2) is 5.43 Å². The third-order valence-corrected chi connectivity index (χ3v) is 2.67. The van der Waals surface area contributed by atoms with Crippen molar-refractivity contribution in [1.82, 2.24) is 15.6 Å². The standard InChI is InChI=1S/C11H16N4O2/c1-16-10-5-4-9(14-15-10)11(13-12)8-3-2-6-17-7-8/h4-5,7,11,13H,2-3,6,12H2,1H3. The molecule has 1 aliphatic rings. The average molecular weight is 236 g/mol. The zero-order chi connectivity index (χ0) is 12.1. The summed E-state index contributed by atoms with van der Waals surface area (Å²) in [6.45, 7) is 0.759. The summed E-state index contributed by atoms with van der Waals surface area (Å²) in [6.07, 6.45) is 3.69. The molecule has 1 atom stereocenters. The minimum Gasteiger partial charge on any atom is -0.501 e. The van der Waals surface area contributed by atoms with Gasteiger partial charge in [0.1, 0.15) is 0 Å². The second kappa shape index (κ2) is 5.60. The SMILES string of the molecule is COc1ccc(C(NN)C2=COCCC2)nn1. The molecule has 1 aromatic heterocycles. The van der Waals surface area contributed by atoms with Crippen LogP contribution in [0.2, 0.25) is 0 Å². The highest BCUT2D eigenvalue weighted by Crippen LogP contribution is 2.25. The first-order valence-corrected chi connectivity index (χ1v) is 5.49. The molecule has 1 unspecified atom stereocenters. The van der Waals surface area contributed by atoms with Gasteiger partial charge in [0, 0.05) is 6.07 Å². The van der Waals surface area contributed by atoms with E-state index in [2.05, 4.69) is 15.6 Å². The van der Waals surface area contributed by atoms with Crippen molar-refractivity contribution in [1.29, 1.82) is 0 Å². The topological polar surface area (TPSA) is 82.3 Å². The number of rotatable bonds is 4. The van der Waals surface area contributed by atoms with Gasteiger partial charge in [-0.3, -0.25) is 5.84 Å². The Morgan fingerprint density at radius 2 is 2.35 bits per heavy atom. The first-order chi connectivity index (χ1) is 8.35. The summed E-state index contributed by atoms with van der Waals surface area (Å²) in [6, 6.07) is 3.44. The normalized spacial score (nSPS) is 16.9. The number of aromatic nitrogens is 2. The van der Waals surface area contributed by atoms with Gasteiger partial charge in [0.15, 0.2) is 0 Å². The van der Waals surface area contributed by atoms with Crippen LogP contribution in [0.15, 0.2) is 24.0 Å². The van der Waals surface area contributed by atoms with Crippen molar-refractivity contribution in [2.75, 3.05) is 13.7 Å². The van der Waals surface area contributed by atoms with E-state index in [1.54, 1.807) is 19.4 Å². The van der Waals surface area contributed by atoms with E-state index in [0.29, 0.717) is 5.88 Å². The van der Waals surface area contributed by atoms with Crippen molar-refractivity contribution in [2.24, 2.45) is 5.84 Å². The van der Waals surface area contributed by atoms with Gasteiger partial charge in [0.25, 0.3) is 0 Å². The molecular weight excluding hydrogens is 220 g/mol. The van der Waals surface area contributed by atoms with Crippen LogP contribution in [0.25, 0.3) is 0 Å². The van der Waals surface area contributed by atoms with Crippen LogP contribution < -0.4 is 16.0 Å². The number of nitrogens with zero attached hydrogens (tertiary/aromatic N) is 2. The van der Waals surface area contributed by atoms with Crippen LogP contribution >= 0.6 is 0 Å². The summed E-state index contributed by atoms with van der Waals surface area (Å²) in [5.41, 5.74) is 4.57. The lowest BCUT2D eigenvalue weighted by atomic mass is 10.00. The molecule has 0 amide bonds. The van der Waals surface area contributed by atoms with Crippen molar-refractivity contribution < 1.29 is 9.47 Å². The number of methoxy groups -OCH3 is 1. The monoisotopic (exact) mass is 236 g/mol. The first kappa shape index (κ1) is 11.8. The fraction of sp³-hybridized carbons (Fsp3) is 0.455. The molecule has 0 aliphatic carbocycles. The summed E-state index contributed by atoms with van der Waals surface area (Å²) in [4.78, 5) is 0. The van der Waals surface area contributed by atoms with Gasteiger partial charge in [-0.05, 0) is 24.5 Å². The highest BCUT2D eigenvalue weighted by atomic mass is 16.5. The lowest BCUT2D eigenvalue weighted by Gasteiger charge is -2.21. The van der Waals surface area contributed by atoms with Gasteiger partial charge in [-0.1, -0.05) is 0 Å². The summed E-state index contributed by atoms with van der Waals surface area (Å²) < 4.78 is 10.3. The number of hydrazine groups is 1. The van der Waals surface area contributed by atoms with Crippen LogP contribution in [0.3, 0.4) is 0 Å². The van der Waals surface area contributed by atoms with Crippen LogP contribution in [0, 0.1) is 0 Å². The minimum absolute atomic E-state index is 0.159. The molecule has 1 aliphatic heterocycles. The molecule has 0 fully saturated rings. The Balaban J connectivity index is 2.18. The number of ether oxygens (including phenoxy) is 2. The maximum absolute atomic E-state index is 5.56. The molecule has 0 bridgehead atoms. The van der Waals surface area contributed by atoms with Gasteiger partial charge >= 0.3 is 0 Å². The summed E-state index contributed by atoms with van der Waals surface area (Å²) >= 11 is 0. The molecular formula is C11H16N4O2. The number of nitrogens with one attached hydrogen (secondary N) is 1. The van der Waals surface area contributed by atoms with E-state index in [4.69, 9.17) is 15.3 Å². The molecule has 17 heavy (non-hydrogen) atoms. The number of hydrogen-bond donors (Lipinski definition) is 2. The average Bonchev–Trinajstić information content (AvgIpc) is 2.42. The molecule has 1 aromatic rings. The number of nitrogens with two attached hydrogens (primary N) is 1. The maximum atomic E-state index is 5.56. The van der Waals surface area contributed by atoms with Gasteiger partial charge in [-0.15, -0.1) is 10.2 Å². The highest BCUT2D eigenvalue weighted by Gasteiger charge is 2.19. The fourth-order valence-electron chi connectivity index (χ4n) is 1.77. The second-order valence-electron chi connectivity index (χ2n) is 3.77. The Bertz CT molecular complexity index is 391. The summed E-state index contributed by atoms with van der Waals surface area (Å²) in [5, 5.41) is 8.01. The Morgan fingerprint density at radius 3 is 2.88 bits per heavy atom. The molecule has 0 spiro atoms. The van der Waals surface area contributed by atoms with Crippen LogP contribution in [0.4, 0.5) is 0 Å². The third-order valence-electron chi connectivity index (χ3n) is 2.67. The van der Waals surface area contributed by atoms with E-state index < -0.39 is 0 Å². The minimum atomic E-state index is -0.159. The van der Waals surface area contributed by atoms with Gasteiger partial charge < -0.3 is 9.47 Å². The molecule has 0 aromatic carbocycles. The lowest BCUT2D eigenvalue weighted by molar-refractivity contribution is 0.219. The molecule has 3 N–H and O–H groups in total. The molecule has 2 heterocycles. The van der Waals surface area contributed by atoms with Crippen molar-refractivity contribution in [3.05, 3.63) is 29.7 Å². The van der Waals surface area contributed by atoms with E-state index in [9.17, 15) is 0 Å². The molecule has 2 rings (SSSR count). The fourth-order valence-corrected chi connectivity index (χ4v) is 1.77. The zero-order valence-electron chi connectivity index (χ0n) is 9.72. The van der Waals surface area contributed by atoms with Crippen molar-refractivity contribution >= 4 is 0 Å². The molecule has 6 heteroatoms. The Labute approximate surface area is 99.8 Å². The van der Waals surface area contributed by atoms with Crippen LogP contribution in [-0.4, -0.2) is 23.9 Å². The predicted octanol–water partition coefficient (Wildman–Crippen LogP) is 0.684. The zero-order valence-corrected chi connectivity index (χ0v) is 9.72. The van der Waals surface area contributed by atoms with E-state index in [0.717, 1.165) is 30.7 Å². The van der Waals surface area contributed by atoms with Crippen LogP contribution in [-0.2, 0) is 4.74 Å². The predicted molar refractivity (Wildman–Crippen MR) is 61.9 cm³/mol. The summed E-state index contributed by atoms with van der Waals surface area (Å²) in [7, 11) is 1.56. The van der Waals surface area contributed by atoms with Crippen molar-refractivity contribution in [3.63, 3.8) is 0 Å². The highest BCUT2D eigenvalue weighted by molar-refractivity contribution is 5.23. The van der Waals surface area contributed by atoms with Crippen molar-refractivity contribution in [2.45, 2.75) is 18.9 Å². The third kappa shape index (κ3) is 2.72. The molecule has 6 nitrogen and oxygen atoms in total. The Morgan fingerprint density at radius 1 is 1.47 bits per heavy atom. The van der Waals surface area contributed by atoms with E-state index >= 15 is 0 Å². The first-order valence-electron chi connectivity index (χ1n) is 5.49. The lowest BCUT2D eigenvalue weighted by Crippen LogP contribution is -2.31. The smallest absolute Gasteiger partial charge is 0.233 e. The van der Waals surface area contributed by atoms with Gasteiger partial charge in [0.05, 0.1) is 31.7 Å². The summed E-state index contributed by atoms with van der Waals surface area (Å²) in [5.74, 6) is 6.05. The molecule has 0 saturated heterocycles. The van der Waals surface area contributed by atoms with E-state index in [1.165, 1.54) is 0 Å². The van der Waals surface area contributed by atoms with E-state index in [-0.39, 0.29) is 6.04 Å². The van der Waals surface area contributed by atoms with Gasteiger partial charge in [-0.2, -0.15) is 0 Å². The maximum Gasteiger partial charge on any atom is 0.233 e.